The molecule has 0 spiro atoms. The van der Waals surface area contributed by atoms with Crippen LogP contribution in [0.15, 0.2) is 0 Å². The zero-order chi connectivity index (χ0) is 25.1. The van der Waals surface area contributed by atoms with E-state index in [0.29, 0.717) is 6.54 Å². The van der Waals surface area contributed by atoms with Gasteiger partial charge in [0.05, 0.1) is 26.2 Å². The van der Waals surface area contributed by atoms with Gasteiger partial charge in [-0.25, -0.2) is 0 Å². The molecular formula is C30H70BrN3. The minimum Gasteiger partial charge on any atom is -1.00 e. The van der Waals surface area contributed by atoms with E-state index in [1.54, 1.807) is 0 Å². The van der Waals surface area contributed by atoms with E-state index in [0.717, 1.165) is 6.42 Å². The normalized spacial score (nSPS) is 10.1. The molecule has 0 aliphatic carbocycles. The van der Waals surface area contributed by atoms with Crippen molar-refractivity contribution in [3.05, 3.63) is 5.73 Å². The van der Waals surface area contributed by atoms with Crippen LogP contribution in [0.2, 0.25) is 0 Å². The SMILES string of the molecule is CCCCCCCCCCCCCCCC[NH-].CCCC[NH2+]CCC.CCCC[NH2+]CCC.[Br-]. The number of rotatable bonds is 24. The predicted octanol–water partition coefficient (Wildman–Crippen LogP) is 5.04. The van der Waals surface area contributed by atoms with Crippen LogP contribution in [0.1, 0.15) is 163 Å². The lowest BCUT2D eigenvalue weighted by atomic mass is 10.0. The van der Waals surface area contributed by atoms with E-state index >= 15 is 0 Å². The Hall–Kier alpha value is 0.360. The summed E-state index contributed by atoms with van der Waals surface area (Å²) in [6.45, 7) is 17.1. The molecule has 0 saturated heterocycles. The third kappa shape index (κ3) is 53.6. The zero-order valence-corrected chi connectivity index (χ0v) is 26.3. The average Bonchev–Trinajstić information content (AvgIpc) is 2.83. The number of unbranched alkanes of at least 4 members (excludes halogenated alkanes) is 15. The minimum absolute atomic E-state index is 0. The molecule has 0 aliphatic rings. The highest BCUT2D eigenvalue weighted by Crippen LogP contribution is 2.12. The molecule has 0 bridgehead atoms. The Labute approximate surface area is 228 Å². The van der Waals surface area contributed by atoms with Gasteiger partial charge in [-0.2, -0.15) is 6.54 Å². The smallest absolute Gasteiger partial charge is 0.0755 e. The average molecular weight is 553 g/mol. The van der Waals surface area contributed by atoms with Gasteiger partial charge in [0.25, 0.3) is 0 Å². The maximum Gasteiger partial charge on any atom is 0.0755 e. The Morgan fingerprint density at radius 1 is 0.353 bits per heavy atom. The first-order valence-electron chi connectivity index (χ1n) is 15.5. The highest BCUT2D eigenvalue weighted by Gasteiger charge is 1.93. The van der Waals surface area contributed by atoms with Crippen molar-refractivity contribution in [3.8, 4) is 0 Å². The van der Waals surface area contributed by atoms with Gasteiger partial charge in [-0.3, -0.25) is 0 Å². The molecule has 0 heterocycles. The molecule has 0 saturated carbocycles. The molecule has 3 nitrogen and oxygen atoms in total. The quantitative estimate of drug-likeness (QED) is 0.158. The number of hydrogen-bond acceptors (Lipinski definition) is 0. The number of hydrogen-bond donors (Lipinski definition) is 2. The van der Waals surface area contributed by atoms with Gasteiger partial charge in [-0.1, -0.05) is 137 Å². The van der Waals surface area contributed by atoms with Gasteiger partial charge in [-0.05, 0) is 25.7 Å². The van der Waals surface area contributed by atoms with Crippen molar-refractivity contribution in [2.45, 2.75) is 163 Å². The van der Waals surface area contributed by atoms with Crippen molar-refractivity contribution in [2.75, 3.05) is 32.7 Å². The Morgan fingerprint density at radius 3 is 0.912 bits per heavy atom. The summed E-state index contributed by atoms with van der Waals surface area (Å²) in [5, 5.41) is 4.78. The largest absolute Gasteiger partial charge is 1.00 e. The van der Waals surface area contributed by atoms with Gasteiger partial charge in [-0.15, -0.1) is 0 Å². The fourth-order valence-corrected chi connectivity index (χ4v) is 3.71. The topological polar surface area (TPSA) is 57.0 Å². The molecule has 5 N–H and O–H groups in total. The molecule has 0 aromatic heterocycles. The van der Waals surface area contributed by atoms with E-state index in [-0.39, 0.29) is 17.0 Å². The van der Waals surface area contributed by atoms with Gasteiger partial charge in [0, 0.05) is 0 Å². The summed E-state index contributed by atoms with van der Waals surface area (Å²) in [4.78, 5) is 0. The number of nitrogens with one attached hydrogen (secondary N) is 1. The standard InChI is InChI=1S/C16H34N.2C7H17N.BrH/c1-2-3-4-5-6-7-8-9-10-11-12-13-14-15-16-17;2*1-3-5-7-8-6-4-2;/h17H,2-16H2,1H3;2*8H,3-7H2,1-2H3;1H/q-1;;;/p+1. The lowest BCUT2D eigenvalue weighted by Gasteiger charge is -2.03. The second-order valence-corrected chi connectivity index (χ2v) is 9.79. The molecule has 0 amide bonds. The van der Waals surface area contributed by atoms with E-state index in [2.05, 4.69) is 45.3 Å². The van der Waals surface area contributed by atoms with Crippen LogP contribution in [0.4, 0.5) is 0 Å². The van der Waals surface area contributed by atoms with Crippen LogP contribution in [-0.2, 0) is 0 Å². The lowest BCUT2D eigenvalue weighted by Crippen LogP contribution is -3.00. The van der Waals surface area contributed by atoms with Crippen molar-refractivity contribution in [3.63, 3.8) is 0 Å². The van der Waals surface area contributed by atoms with Gasteiger partial charge in [0.2, 0.25) is 0 Å². The molecule has 0 aromatic rings. The van der Waals surface area contributed by atoms with Crippen LogP contribution in [-0.4, -0.2) is 32.7 Å². The fourth-order valence-electron chi connectivity index (χ4n) is 3.71. The lowest BCUT2D eigenvalue weighted by molar-refractivity contribution is -0.655. The van der Waals surface area contributed by atoms with Crippen molar-refractivity contribution in [1.82, 2.24) is 0 Å². The molecular weight excluding hydrogens is 482 g/mol. The Bertz CT molecular complexity index is 240. The highest BCUT2D eigenvalue weighted by molar-refractivity contribution is 4.52. The highest BCUT2D eigenvalue weighted by atomic mass is 79.9. The molecule has 0 rings (SSSR count). The molecule has 0 atom stereocenters. The van der Waals surface area contributed by atoms with Gasteiger partial charge in [0.1, 0.15) is 0 Å². The van der Waals surface area contributed by atoms with Crippen molar-refractivity contribution in [2.24, 2.45) is 0 Å². The third-order valence-electron chi connectivity index (χ3n) is 6.04. The van der Waals surface area contributed by atoms with E-state index < -0.39 is 0 Å². The van der Waals surface area contributed by atoms with E-state index in [1.807, 2.05) is 0 Å². The van der Waals surface area contributed by atoms with E-state index in [9.17, 15) is 0 Å². The van der Waals surface area contributed by atoms with Crippen LogP contribution >= 0.6 is 0 Å². The number of quaternary nitrogens is 2. The zero-order valence-electron chi connectivity index (χ0n) is 24.7. The molecule has 4 heteroatoms. The molecule has 212 valence electrons. The van der Waals surface area contributed by atoms with Gasteiger partial charge >= 0.3 is 0 Å². The summed E-state index contributed by atoms with van der Waals surface area (Å²) in [6.07, 6.45) is 27.6. The second-order valence-electron chi connectivity index (χ2n) is 9.79. The van der Waals surface area contributed by atoms with Crippen molar-refractivity contribution >= 4 is 0 Å². The first kappa shape index (κ1) is 41.5. The monoisotopic (exact) mass is 551 g/mol. The number of nitrogens with two attached hydrogens (primary N) is 2. The maximum absolute atomic E-state index is 7.06. The number of halogens is 1. The molecule has 0 aromatic carbocycles. The summed E-state index contributed by atoms with van der Waals surface area (Å²) in [5.74, 6) is 0. The van der Waals surface area contributed by atoms with E-state index in [4.69, 9.17) is 5.73 Å². The molecule has 0 unspecified atom stereocenters. The minimum atomic E-state index is 0. The maximum atomic E-state index is 7.06. The fraction of sp³-hybridized carbons (Fsp3) is 1.00. The van der Waals surface area contributed by atoms with Crippen LogP contribution in [0.25, 0.3) is 5.73 Å². The van der Waals surface area contributed by atoms with Crippen LogP contribution in [0.5, 0.6) is 0 Å². The summed E-state index contributed by atoms with van der Waals surface area (Å²) in [5.41, 5.74) is 7.06. The van der Waals surface area contributed by atoms with E-state index in [1.165, 1.54) is 148 Å². The molecule has 0 fully saturated rings. The van der Waals surface area contributed by atoms with Crippen molar-refractivity contribution in [1.29, 1.82) is 0 Å². The summed E-state index contributed by atoms with van der Waals surface area (Å²) < 4.78 is 0. The Kier molecular flexibility index (Phi) is 56.9. The first-order chi connectivity index (χ1) is 16.2. The van der Waals surface area contributed by atoms with Gasteiger partial charge < -0.3 is 33.3 Å². The molecule has 0 radical (unpaired) electrons. The summed E-state index contributed by atoms with van der Waals surface area (Å²) in [7, 11) is 0. The van der Waals surface area contributed by atoms with Crippen molar-refractivity contribution < 1.29 is 27.6 Å². The van der Waals surface area contributed by atoms with Crippen LogP contribution in [0.3, 0.4) is 0 Å². The first-order valence-corrected chi connectivity index (χ1v) is 15.5. The molecule has 0 aliphatic heterocycles. The summed E-state index contributed by atoms with van der Waals surface area (Å²) in [6, 6.07) is 0. The summed E-state index contributed by atoms with van der Waals surface area (Å²) >= 11 is 0. The predicted molar refractivity (Wildman–Crippen MR) is 153 cm³/mol. The Morgan fingerprint density at radius 2 is 0.647 bits per heavy atom. The van der Waals surface area contributed by atoms with Crippen LogP contribution in [0, 0.1) is 0 Å². The van der Waals surface area contributed by atoms with Gasteiger partial charge in [0.15, 0.2) is 0 Å². The van der Waals surface area contributed by atoms with Crippen LogP contribution < -0.4 is 27.6 Å². The third-order valence-corrected chi connectivity index (χ3v) is 6.04. The molecule has 34 heavy (non-hydrogen) atoms. The Balaban J connectivity index is -0.000000222. The second kappa shape index (κ2) is 46.7.